The van der Waals surface area contributed by atoms with Gasteiger partial charge in [0.15, 0.2) is 0 Å². The Bertz CT molecular complexity index is 715. The summed E-state index contributed by atoms with van der Waals surface area (Å²) in [6.07, 6.45) is -3.19. The Morgan fingerprint density at radius 3 is 2.52 bits per heavy atom. The molecule has 0 bridgehead atoms. The predicted octanol–water partition coefficient (Wildman–Crippen LogP) is 2.89. The summed E-state index contributed by atoms with van der Waals surface area (Å²) >= 11 is 0. The Kier molecular flexibility index (Phi) is 4.79. The maximum Gasteiger partial charge on any atom is 0.433 e. The molecule has 0 fully saturated rings. The Labute approximate surface area is 128 Å². The second kappa shape index (κ2) is 6.77. The molecule has 0 aliphatic heterocycles. The van der Waals surface area contributed by atoms with Crippen molar-refractivity contribution in [2.45, 2.75) is 6.18 Å². The lowest BCUT2D eigenvalue weighted by atomic mass is 10.2. The summed E-state index contributed by atoms with van der Waals surface area (Å²) in [6, 6.07) is 8.82. The van der Waals surface area contributed by atoms with Gasteiger partial charge in [-0.15, -0.1) is 0 Å². The van der Waals surface area contributed by atoms with Gasteiger partial charge in [0.25, 0.3) is 0 Å². The van der Waals surface area contributed by atoms with Gasteiger partial charge in [-0.1, -0.05) is 6.07 Å². The van der Waals surface area contributed by atoms with Crippen LogP contribution in [0.15, 0.2) is 47.6 Å². The maximum absolute atomic E-state index is 12.6. The molecule has 0 radical (unpaired) electrons. The van der Waals surface area contributed by atoms with Gasteiger partial charge >= 0.3 is 12.2 Å². The van der Waals surface area contributed by atoms with Gasteiger partial charge in [0.1, 0.15) is 11.4 Å². The lowest BCUT2D eigenvalue weighted by Gasteiger charge is -2.08. The van der Waals surface area contributed by atoms with Crippen molar-refractivity contribution in [3.63, 3.8) is 0 Å². The number of halogens is 3. The summed E-state index contributed by atoms with van der Waals surface area (Å²) < 4.78 is 43.0. The highest BCUT2D eigenvalue weighted by molar-refractivity contribution is 5.81. The van der Waals surface area contributed by atoms with Crippen molar-refractivity contribution in [2.75, 3.05) is 0 Å². The monoisotopic (exact) mass is 324 g/mol. The third-order valence-electron chi connectivity index (χ3n) is 2.50. The molecule has 0 aliphatic carbocycles. The molecule has 0 atom stereocenters. The number of alkyl halides is 3. The van der Waals surface area contributed by atoms with E-state index >= 15 is 0 Å². The minimum absolute atomic E-state index is 0.170. The summed E-state index contributed by atoms with van der Waals surface area (Å²) in [5.74, 6) is 0.133. The van der Waals surface area contributed by atoms with Crippen molar-refractivity contribution in [1.82, 2.24) is 10.4 Å². The molecule has 1 aromatic carbocycles. The maximum atomic E-state index is 12.6. The minimum Gasteiger partial charge on any atom is -0.439 e. The van der Waals surface area contributed by atoms with Crippen LogP contribution in [0.5, 0.6) is 11.6 Å². The van der Waals surface area contributed by atoms with E-state index in [-0.39, 0.29) is 5.88 Å². The largest absolute Gasteiger partial charge is 0.439 e. The molecule has 1 heterocycles. The molecular formula is C14H11F3N4O2. The molecule has 120 valence electrons. The molecule has 2 aromatic rings. The number of rotatable bonds is 4. The van der Waals surface area contributed by atoms with Gasteiger partial charge in [0, 0.05) is 6.07 Å². The number of pyridine rings is 1. The number of nitrogens with one attached hydrogen (secondary N) is 1. The molecular weight excluding hydrogens is 313 g/mol. The summed E-state index contributed by atoms with van der Waals surface area (Å²) in [5, 5.41) is 3.57. The van der Waals surface area contributed by atoms with Crippen LogP contribution in [0.1, 0.15) is 11.3 Å². The van der Waals surface area contributed by atoms with Gasteiger partial charge in [0.05, 0.1) is 6.21 Å². The van der Waals surface area contributed by atoms with Crippen molar-refractivity contribution < 1.29 is 22.7 Å². The SMILES string of the molecule is NC(=O)NN=Cc1ccc(Oc2cccc(C(F)(F)F)n2)cc1. The fourth-order valence-electron chi connectivity index (χ4n) is 1.54. The normalized spacial score (nSPS) is 11.4. The standard InChI is InChI=1S/C14H11F3N4O2/c15-14(16,17)11-2-1-3-12(20-11)23-10-6-4-9(5-7-10)8-19-21-13(18)22/h1-8H,(H3,18,21,22). The van der Waals surface area contributed by atoms with E-state index in [1.165, 1.54) is 30.5 Å². The summed E-state index contributed by atoms with van der Waals surface area (Å²) in [5.41, 5.74) is 6.46. The third kappa shape index (κ3) is 4.99. The number of ether oxygens (including phenoxy) is 1. The number of hydrogen-bond donors (Lipinski definition) is 2. The van der Waals surface area contributed by atoms with Crippen molar-refractivity contribution in [3.8, 4) is 11.6 Å². The van der Waals surface area contributed by atoms with E-state index < -0.39 is 17.9 Å². The summed E-state index contributed by atoms with van der Waals surface area (Å²) in [7, 11) is 0. The van der Waals surface area contributed by atoms with Crippen LogP contribution in [0.3, 0.4) is 0 Å². The first-order chi connectivity index (χ1) is 10.8. The number of nitrogens with zero attached hydrogens (tertiary/aromatic N) is 2. The molecule has 0 unspecified atom stereocenters. The lowest BCUT2D eigenvalue weighted by Crippen LogP contribution is -2.24. The summed E-state index contributed by atoms with van der Waals surface area (Å²) in [4.78, 5) is 13.8. The first-order valence-corrected chi connectivity index (χ1v) is 6.25. The zero-order valence-corrected chi connectivity index (χ0v) is 11.5. The molecule has 9 heteroatoms. The number of hydrazone groups is 1. The number of aromatic nitrogens is 1. The molecule has 0 spiro atoms. The Morgan fingerprint density at radius 2 is 1.91 bits per heavy atom. The van der Waals surface area contributed by atoms with Gasteiger partial charge in [-0.25, -0.2) is 15.2 Å². The molecule has 0 saturated carbocycles. The molecule has 3 N–H and O–H groups in total. The predicted molar refractivity (Wildman–Crippen MR) is 76.1 cm³/mol. The second-order valence-electron chi connectivity index (χ2n) is 4.26. The average Bonchev–Trinajstić information content (AvgIpc) is 2.48. The van der Waals surface area contributed by atoms with Crippen molar-refractivity contribution in [2.24, 2.45) is 10.8 Å². The highest BCUT2D eigenvalue weighted by Crippen LogP contribution is 2.29. The molecule has 2 amide bonds. The molecule has 23 heavy (non-hydrogen) atoms. The van der Waals surface area contributed by atoms with Crippen LogP contribution in [-0.4, -0.2) is 17.2 Å². The number of amides is 2. The third-order valence-corrected chi connectivity index (χ3v) is 2.50. The number of nitrogens with two attached hydrogens (primary N) is 1. The quantitative estimate of drug-likeness (QED) is 0.669. The molecule has 1 aromatic heterocycles. The average molecular weight is 324 g/mol. The van der Waals surface area contributed by atoms with Crippen LogP contribution >= 0.6 is 0 Å². The van der Waals surface area contributed by atoms with E-state index in [1.54, 1.807) is 12.1 Å². The fraction of sp³-hybridized carbons (Fsp3) is 0.0714. The summed E-state index contributed by atoms with van der Waals surface area (Å²) in [6.45, 7) is 0. The van der Waals surface area contributed by atoms with Gasteiger partial charge in [-0.3, -0.25) is 0 Å². The van der Waals surface area contributed by atoms with Crippen molar-refractivity contribution in [3.05, 3.63) is 53.7 Å². The van der Waals surface area contributed by atoms with Crippen LogP contribution in [0.25, 0.3) is 0 Å². The smallest absolute Gasteiger partial charge is 0.433 e. The molecule has 0 aliphatic rings. The van der Waals surface area contributed by atoms with E-state index in [0.29, 0.717) is 11.3 Å². The van der Waals surface area contributed by atoms with Crippen LogP contribution in [0, 0.1) is 0 Å². The van der Waals surface area contributed by atoms with Crippen LogP contribution in [-0.2, 0) is 6.18 Å². The van der Waals surface area contributed by atoms with E-state index in [4.69, 9.17) is 10.5 Å². The van der Waals surface area contributed by atoms with Crippen LogP contribution < -0.4 is 15.9 Å². The fourth-order valence-corrected chi connectivity index (χ4v) is 1.54. The zero-order valence-electron chi connectivity index (χ0n) is 11.5. The topological polar surface area (TPSA) is 89.6 Å². The Morgan fingerprint density at radius 1 is 1.22 bits per heavy atom. The van der Waals surface area contributed by atoms with E-state index in [1.807, 2.05) is 5.43 Å². The van der Waals surface area contributed by atoms with Crippen molar-refractivity contribution in [1.29, 1.82) is 0 Å². The van der Waals surface area contributed by atoms with E-state index in [9.17, 15) is 18.0 Å². The number of carbonyl (C=O) groups excluding carboxylic acids is 1. The number of primary amides is 1. The zero-order chi connectivity index (χ0) is 16.9. The minimum atomic E-state index is -4.53. The first kappa shape index (κ1) is 16.3. The number of hydrogen-bond acceptors (Lipinski definition) is 4. The highest BCUT2D eigenvalue weighted by Gasteiger charge is 2.32. The first-order valence-electron chi connectivity index (χ1n) is 6.25. The van der Waals surface area contributed by atoms with Crippen LogP contribution in [0.2, 0.25) is 0 Å². The Balaban J connectivity index is 2.06. The number of carbonyl (C=O) groups is 1. The number of urea groups is 1. The van der Waals surface area contributed by atoms with Gasteiger partial charge < -0.3 is 10.5 Å². The van der Waals surface area contributed by atoms with Gasteiger partial charge in [-0.05, 0) is 35.9 Å². The Hall–Kier alpha value is -3.10. The molecule has 2 rings (SSSR count). The molecule has 0 saturated heterocycles. The van der Waals surface area contributed by atoms with E-state index in [0.717, 1.165) is 6.07 Å². The highest BCUT2D eigenvalue weighted by atomic mass is 19.4. The second-order valence-corrected chi connectivity index (χ2v) is 4.26. The van der Waals surface area contributed by atoms with E-state index in [2.05, 4.69) is 10.1 Å². The van der Waals surface area contributed by atoms with Gasteiger partial charge in [0.2, 0.25) is 5.88 Å². The van der Waals surface area contributed by atoms with Crippen molar-refractivity contribution >= 4 is 12.2 Å². The number of benzene rings is 1. The lowest BCUT2D eigenvalue weighted by molar-refractivity contribution is -0.141. The molecule has 6 nitrogen and oxygen atoms in total. The van der Waals surface area contributed by atoms with Crippen LogP contribution in [0.4, 0.5) is 18.0 Å². The van der Waals surface area contributed by atoms with Gasteiger partial charge in [-0.2, -0.15) is 18.3 Å².